The van der Waals surface area contributed by atoms with Crippen LogP contribution in [-0.2, 0) is 5.75 Å². The van der Waals surface area contributed by atoms with Crippen molar-refractivity contribution in [1.29, 1.82) is 0 Å². The molecule has 0 amide bonds. The Morgan fingerprint density at radius 3 is 2.83 bits per heavy atom. The van der Waals surface area contributed by atoms with Crippen molar-refractivity contribution in [2.24, 2.45) is 0 Å². The van der Waals surface area contributed by atoms with Crippen LogP contribution in [0.2, 0.25) is 0 Å². The third-order valence-corrected chi connectivity index (χ3v) is 4.77. The fraction of sp³-hybridized carbons (Fsp3) is 0.118. The van der Waals surface area contributed by atoms with Crippen LogP contribution in [0.15, 0.2) is 58.5 Å². The first kappa shape index (κ1) is 14.0. The van der Waals surface area contributed by atoms with E-state index < -0.39 is 0 Å². The van der Waals surface area contributed by atoms with Gasteiger partial charge < -0.3 is 4.74 Å². The van der Waals surface area contributed by atoms with Crippen molar-refractivity contribution in [1.82, 2.24) is 14.8 Å². The van der Waals surface area contributed by atoms with E-state index in [1.165, 1.54) is 4.68 Å². The molecule has 0 aliphatic carbocycles. The number of thioether (sulfide) groups is 1. The molecule has 114 valence electrons. The Morgan fingerprint density at radius 1 is 1.22 bits per heavy atom. The molecule has 3 heterocycles. The van der Waals surface area contributed by atoms with Gasteiger partial charge in [-0.15, -0.1) is 11.8 Å². The molecule has 0 saturated carbocycles. The van der Waals surface area contributed by atoms with E-state index >= 15 is 0 Å². The molecular formula is C17H13N3O2S. The first-order valence-corrected chi connectivity index (χ1v) is 8.11. The van der Waals surface area contributed by atoms with Gasteiger partial charge in [0, 0.05) is 23.6 Å². The number of benzene rings is 1. The molecule has 23 heavy (non-hydrogen) atoms. The van der Waals surface area contributed by atoms with Crippen molar-refractivity contribution in [3.63, 3.8) is 0 Å². The monoisotopic (exact) mass is 323 g/mol. The van der Waals surface area contributed by atoms with Gasteiger partial charge in [0.25, 0.3) is 5.56 Å². The minimum Gasteiger partial charge on any atom is -0.497 e. The predicted octanol–water partition coefficient (Wildman–Crippen LogP) is 2.91. The van der Waals surface area contributed by atoms with Gasteiger partial charge in [-0.3, -0.25) is 4.79 Å². The Labute approximate surface area is 137 Å². The maximum Gasteiger partial charge on any atom is 0.271 e. The molecule has 5 nitrogen and oxygen atoms in total. The normalized spacial score (nSPS) is 12.4. The number of hydrogen-bond acceptors (Lipinski definition) is 5. The third-order valence-electron chi connectivity index (χ3n) is 3.72. The van der Waals surface area contributed by atoms with Gasteiger partial charge in [0.15, 0.2) is 0 Å². The highest BCUT2D eigenvalue weighted by Crippen LogP contribution is 2.38. The van der Waals surface area contributed by atoms with Crippen molar-refractivity contribution in [2.45, 2.75) is 10.8 Å². The molecule has 1 aromatic carbocycles. The molecule has 1 aliphatic heterocycles. The summed E-state index contributed by atoms with van der Waals surface area (Å²) in [4.78, 5) is 16.8. The number of nitrogens with zero attached hydrogens (tertiary/aromatic N) is 3. The summed E-state index contributed by atoms with van der Waals surface area (Å²) in [5.74, 6) is 1.45. The summed E-state index contributed by atoms with van der Waals surface area (Å²) in [5.41, 5.74) is 3.32. The van der Waals surface area contributed by atoms with Crippen LogP contribution in [0.3, 0.4) is 0 Å². The molecule has 2 aromatic heterocycles. The molecule has 0 N–H and O–H groups in total. The van der Waals surface area contributed by atoms with E-state index in [4.69, 9.17) is 4.74 Å². The first-order valence-electron chi connectivity index (χ1n) is 7.12. The zero-order chi connectivity index (χ0) is 15.8. The number of hydrogen-bond donors (Lipinski definition) is 0. The molecule has 0 unspecified atom stereocenters. The summed E-state index contributed by atoms with van der Waals surface area (Å²) in [6.45, 7) is 0. The Morgan fingerprint density at radius 2 is 2.04 bits per heavy atom. The van der Waals surface area contributed by atoms with Crippen LogP contribution < -0.4 is 10.3 Å². The summed E-state index contributed by atoms with van der Waals surface area (Å²) < 4.78 is 6.58. The Bertz CT molecular complexity index is 935. The number of pyridine rings is 1. The smallest absolute Gasteiger partial charge is 0.271 e. The van der Waals surface area contributed by atoms with Crippen molar-refractivity contribution < 1.29 is 4.74 Å². The number of methoxy groups -OCH3 is 1. The average molecular weight is 323 g/mol. The Balaban J connectivity index is 1.88. The van der Waals surface area contributed by atoms with E-state index in [1.54, 1.807) is 31.1 Å². The van der Waals surface area contributed by atoms with Gasteiger partial charge in [0.1, 0.15) is 10.8 Å². The number of aromatic nitrogens is 3. The quantitative estimate of drug-likeness (QED) is 0.726. The second-order valence-electron chi connectivity index (χ2n) is 5.11. The number of fused-ring (bicyclic) bond motifs is 3. The first-order chi connectivity index (χ1) is 11.3. The lowest BCUT2D eigenvalue weighted by atomic mass is 10.1. The fourth-order valence-electron chi connectivity index (χ4n) is 2.57. The Kier molecular flexibility index (Phi) is 3.38. The van der Waals surface area contributed by atoms with E-state index in [0.717, 1.165) is 27.6 Å². The average Bonchev–Trinajstić information content (AvgIpc) is 2.61. The zero-order valence-electron chi connectivity index (χ0n) is 12.4. The van der Waals surface area contributed by atoms with E-state index in [0.29, 0.717) is 11.4 Å². The molecular weight excluding hydrogens is 310 g/mol. The Hall–Kier alpha value is -2.60. The number of ether oxygens (including phenoxy) is 1. The van der Waals surface area contributed by atoms with Crippen molar-refractivity contribution in [2.75, 3.05) is 7.11 Å². The van der Waals surface area contributed by atoms with Gasteiger partial charge >= 0.3 is 0 Å². The van der Waals surface area contributed by atoms with Crippen molar-refractivity contribution in [3.8, 4) is 22.7 Å². The lowest BCUT2D eigenvalue weighted by molar-refractivity contribution is 0.414. The van der Waals surface area contributed by atoms with Crippen LogP contribution in [0.4, 0.5) is 0 Å². The molecule has 6 heteroatoms. The van der Waals surface area contributed by atoms with Crippen LogP contribution in [0, 0.1) is 0 Å². The molecule has 0 spiro atoms. The molecule has 3 aromatic rings. The molecule has 4 rings (SSSR count). The van der Waals surface area contributed by atoms with E-state index in [9.17, 15) is 4.79 Å². The standard InChI is InChI=1S/C17H13N3O2S/c1-22-13-6-4-12(5-7-13)20-15(21)9-11-10-23-17-14(16(11)19-20)3-2-8-18-17/h2-9H,10H2,1H3. The molecule has 0 bridgehead atoms. The molecule has 0 radical (unpaired) electrons. The van der Waals surface area contributed by atoms with Crippen LogP contribution in [0.5, 0.6) is 5.75 Å². The molecule has 0 fully saturated rings. The maximum absolute atomic E-state index is 12.4. The van der Waals surface area contributed by atoms with Crippen LogP contribution >= 0.6 is 11.8 Å². The van der Waals surface area contributed by atoms with Crippen molar-refractivity contribution in [3.05, 3.63) is 64.6 Å². The van der Waals surface area contributed by atoms with Gasteiger partial charge in [-0.2, -0.15) is 9.78 Å². The van der Waals surface area contributed by atoms with Gasteiger partial charge in [-0.1, -0.05) is 0 Å². The largest absolute Gasteiger partial charge is 0.497 e. The summed E-state index contributed by atoms with van der Waals surface area (Å²) >= 11 is 1.63. The molecule has 1 aliphatic rings. The zero-order valence-corrected chi connectivity index (χ0v) is 13.2. The SMILES string of the molecule is COc1ccc(-n2nc3c(cc2=O)CSc2ncccc2-3)cc1. The van der Waals surface area contributed by atoms with E-state index in [1.807, 2.05) is 36.4 Å². The second kappa shape index (κ2) is 5.55. The van der Waals surface area contributed by atoms with Crippen LogP contribution in [0.25, 0.3) is 16.9 Å². The molecule has 0 atom stereocenters. The fourth-order valence-corrected chi connectivity index (χ4v) is 3.54. The summed E-state index contributed by atoms with van der Waals surface area (Å²) in [6.07, 6.45) is 1.77. The topological polar surface area (TPSA) is 57.0 Å². The van der Waals surface area contributed by atoms with Crippen LogP contribution in [0.1, 0.15) is 5.56 Å². The third kappa shape index (κ3) is 2.41. The predicted molar refractivity (Wildman–Crippen MR) is 89.2 cm³/mol. The minimum atomic E-state index is -0.137. The van der Waals surface area contributed by atoms with Crippen molar-refractivity contribution >= 4 is 11.8 Å². The molecule has 0 saturated heterocycles. The number of rotatable bonds is 2. The second-order valence-corrected chi connectivity index (χ2v) is 6.08. The lowest BCUT2D eigenvalue weighted by Crippen LogP contribution is -2.23. The van der Waals surface area contributed by atoms with E-state index in [-0.39, 0.29) is 5.56 Å². The van der Waals surface area contributed by atoms with Gasteiger partial charge in [0.2, 0.25) is 0 Å². The maximum atomic E-state index is 12.4. The van der Waals surface area contributed by atoms with Crippen LogP contribution in [-0.4, -0.2) is 21.9 Å². The summed E-state index contributed by atoms with van der Waals surface area (Å²) in [5, 5.41) is 5.54. The lowest BCUT2D eigenvalue weighted by Gasteiger charge is -2.18. The minimum absolute atomic E-state index is 0.137. The highest BCUT2D eigenvalue weighted by Gasteiger charge is 2.20. The van der Waals surface area contributed by atoms with E-state index in [2.05, 4.69) is 10.1 Å². The highest BCUT2D eigenvalue weighted by atomic mass is 32.2. The highest BCUT2D eigenvalue weighted by molar-refractivity contribution is 7.98. The summed E-state index contributed by atoms with van der Waals surface area (Å²) in [6, 6.07) is 12.8. The van der Waals surface area contributed by atoms with Gasteiger partial charge in [0.05, 0.1) is 18.5 Å². The van der Waals surface area contributed by atoms with Gasteiger partial charge in [-0.25, -0.2) is 4.98 Å². The van der Waals surface area contributed by atoms with Gasteiger partial charge in [-0.05, 0) is 42.0 Å². The summed E-state index contributed by atoms with van der Waals surface area (Å²) in [7, 11) is 1.61.